The van der Waals surface area contributed by atoms with E-state index in [2.05, 4.69) is 6.58 Å². The highest BCUT2D eigenvalue weighted by atomic mass is 19.2. The normalized spacial score (nSPS) is 36.5. The Balaban J connectivity index is 1.04. The third kappa shape index (κ3) is 6.48. The van der Waals surface area contributed by atoms with E-state index in [1.54, 1.807) is 12.1 Å². The molecule has 0 bridgehead atoms. The fourth-order valence-electron chi connectivity index (χ4n) is 8.61. The molecule has 0 radical (unpaired) electrons. The van der Waals surface area contributed by atoms with E-state index < -0.39 is 11.6 Å². The average Bonchev–Trinajstić information content (AvgIpc) is 2.98. The van der Waals surface area contributed by atoms with E-state index >= 15 is 0 Å². The SMILES string of the molecule is C=CC1CCC(C2CCC(C3CCC(C4CCC(c5ccc(OCCC)c(F)c5F)CC4)CC3)CC2)CO1. The van der Waals surface area contributed by atoms with E-state index in [1.807, 2.05) is 13.0 Å². The van der Waals surface area contributed by atoms with Gasteiger partial charge in [0.05, 0.1) is 19.3 Å². The topological polar surface area (TPSA) is 18.5 Å². The Morgan fingerprint density at radius 1 is 0.737 bits per heavy atom. The summed E-state index contributed by atoms with van der Waals surface area (Å²) in [4.78, 5) is 0. The summed E-state index contributed by atoms with van der Waals surface area (Å²) in [6.07, 6.45) is 21.1. The zero-order chi connectivity index (χ0) is 26.5. The van der Waals surface area contributed by atoms with Crippen molar-refractivity contribution in [2.75, 3.05) is 13.2 Å². The first kappa shape index (κ1) is 28.1. The summed E-state index contributed by atoms with van der Waals surface area (Å²) in [5.41, 5.74) is 0.560. The summed E-state index contributed by atoms with van der Waals surface area (Å²) in [6.45, 7) is 7.22. The third-order valence-electron chi connectivity index (χ3n) is 11.0. The Bertz CT molecular complexity index is 884. The Morgan fingerprint density at radius 3 is 1.71 bits per heavy atom. The van der Waals surface area contributed by atoms with Gasteiger partial charge in [-0.1, -0.05) is 19.1 Å². The van der Waals surface area contributed by atoms with Crippen molar-refractivity contribution in [1.82, 2.24) is 0 Å². The molecule has 1 aromatic rings. The van der Waals surface area contributed by atoms with E-state index in [1.165, 1.54) is 57.8 Å². The molecule has 5 rings (SSSR count). The van der Waals surface area contributed by atoms with Crippen LogP contribution in [0.1, 0.15) is 115 Å². The maximum Gasteiger partial charge on any atom is 0.200 e. The molecule has 2 atom stereocenters. The maximum absolute atomic E-state index is 14.8. The number of ether oxygens (including phenoxy) is 2. The molecule has 0 aromatic heterocycles. The standard InChI is InChI=1S/C34H50F2O2/c1-3-21-37-32-20-19-31(33(35)34(32)36)28-15-13-26(14-16-28)24-7-5-23(6-8-24)25-9-11-27(12-10-25)29-17-18-30(4-2)38-22-29/h4,19-20,23-30H,2-3,5-18,21-22H2,1H3. The molecule has 38 heavy (non-hydrogen) atoms. The number of rotatable bonds is 8. The summed E-state index contributed by atoms with van der Waals surface area (Å²) in [5.74, 6) is 3.84. The van der Waals surface area contributed by atoms with Crippen LogP contribution in [0.25, 0.3) is 0 Å². The zero-order valence-electron chi connectivity index (χ0n) is 23.7. The highest BCUT2D eigenvalue weighted by molar-refractivity contribution is 5.33. The van der Waals surface area contributed by atoms with Gasteiger partial charge in [0.25, 0.3) is 0 Å². The van der Waals surface area contributed by atoms with Crippen LogP contribution in [0.3, 0.4) is 0 Å². The number of hydrogen-bond donors (Lipinski definition) is 0. The van der Waals surface area contributed by atoms with Gasteiger partial charge in [-0.25, -0.2) is 4.39 Å². The molecule has 0 N–H and O–H groups in total. The molecule has 212 valence electrons. The van der Waals surface area contributed by atoms with E-state index in [9.17, 15) is 8.78 Å². The number of hydrogen-bond acceptors (Lipinski definition) is 2. The van der Waals surface area contributed by atoms with E-state index in [-0.39, 0.29) is 17.8 Å². The minimum absolute atomic E-state index is 0.0525. The molecular weight excluding hydrogens is 478 g/mol. The molecule has 2 unspecified atom stereocenters. The van der Waals surface area contributed by atoms with Crippen LogP contribution in [0.2, 0.25) is 0 Å². The molecule has 3 aliphatic carbocycles. The first-order valence-corrected chi connectivity index (χ1v) is 15.9. The van der Waals surface area contributed by atoms with Crippen LogP contribution >= 0.6 is 0 Å². The molecule has 1 saturated heterocycles. The van der Waals surface area contributed by atoms with Crippen molar-refractivity contribution in [1.29, 1.82) is 0 Å². The Labute approximate surface area is 229 Å². The highest BCUT2D eigenvalue weighted by Gasteiger charge is 2.37. The molecule has 3 saturated carbocycles. The zero-order valence-corrected chi connectivity index (χ0v) is 23.7. The van der Waals surface area contributed by atoms with Crippen molar-refractivity contribution in [2.45, 2.75) is 115 Å². The van der Waals surface area contributed by atoms with Gasteiger partial charge in [-0.15, -0.1) is 6.58 Å². The van der Waals surface area contributed by atoms with Crippen LogP contribution in [-0.4, -0.2) is 19.3 Å². The van der Waals surface area contributed by atoms with Gasteiger partial charge in [0.2, 0.25) is 5.82 Å². The van der Waals surface area contributed by atoms with E-state index in [0.717, 1.165) is 80.6 Å². The summed E-state index contributed by atoms with van der Waals surface area (Å²) in [6, 6.07) is 3.40. The molecule has 0 amide bonds. The van der Waals surface area contributed by atoms with Crippen LogP contribution in [-0.2, 0) is 4.74 Å². The molecule has 1 heterocycles. The second-order valence-corrected chi connectivity index (χ2v) is 13.0. The fourth-order valence-corrected chi connectivity index (χ4v) is 8.61. The summed E-state index contributed by atoms with van der Waals surface area (Å²) in [7, 11) is 0. The largest absolute Gasteiger partial charge is 0.490 e. The highest BCUT2D eigenvalue weighted by Crippen LogP contribution is 2.48. The van der Waals surface area contributed by atoms with Crippen molar-refractivity contribution >= 4 is 0 Å². The molecule has 2 nitrogen and oxygen atoms in total. The molecule has 4 aliphatic rings. The van der Waals surface area contributed by atoms with Crippen LogP contribution in [0, 0.1) is 47.1 Å². The molecule has 4 fully saturated rings. The van der Waals surface area contributed by atoms with Crippen molar-refractivity contribution in [3.05, 3.63) is 42.0 Å². The van der Waals surface area contributed by atoms with Crippen LogP contribution in [0.15, 0.2) is 24.8 Å². The summed E-state index contributed by atoms with van der Waals surface area (Å²) < 4.78 is 40.8. The minimum atomic E-state index is -0.807. The van der Waals surface area contributed by atoms with Crippen molar-refractivity contribution < 1.29 is 18.3 Å². The van der Waals surface area contributed by atoms with Gasteiger partial charge in [0, 0.05) is 0 Å². The summed E-state index contributed by atoms with van der Waals surface area (Å²) >= 11 is 0. The van der Waals surface area contributed by atoms with Gasteiger partial charge >= 0.3 is 0 Å². The quantitative estimate of drug-likeness (QED) is 0.313. The molecule has 1 aromatic carbocycles. The van der Waals surface area contributed by atoms with Crippen molar-refractivity contribution in [2.24, 2.45) is 35.5 Å². The molecular formula is C34H50F2O2. The van der Waals surface area contributed by atoms with Gasteiger partial charge in [-0.2, -0.15) is 4.39 Å². The van der Waals surface area contributed by atoms with Crippen LogP contribution in [0.5, 0.6) is 5.75 Å². The predicted octanol–water partition coefficient (Wildman–Crippen LogP) is 9.62. The lowest BCUT2D eigenvalue weighted by molar-refractivity contribution is -0.0194. The number of halogens is 2. The van der Waals surface area contributed by atoms with Gasteiger partial charge in [-0.05, 0) is 149 Å². The van der Waals surface area contributed by atoms with Crippen molar-refractivity contribution in [3.8, 4) is 5.75 Å². The summed E-state index contributed by atoms with van der Waals surface area (Å²) in [5, 5.41) is 0. The lowest BCUT2D eigenvalue weighted by Crippen LogP contribution is -2.34. The first-order chi connectivity index (χ1) is 18.6. The van der Waals surface area contributed by atoms with Gasteiger partial charge in [0.1, 0.15) is 0 Å². The maximum atomic E-state index is 14.8. The third-order valence-corrected chi connectivity index (χ3v) is 11.0. The average molecular weight is 529 g/mol. The molecule has 1 aliphatic heterocycles. The Morgan fingerprint density at radius 2 is 1.24 bits per heavy atom. The second-order valence-electron chi connectivity index (χ2n) is 13.0. The van der Waals surface area contributed by atoms with Crippen LogP contribution in [0.4, 0.5) is 8.78 Å². The minimum Gasteiger partial charge on any atom is -0.490 e. The lowest BCUT2D eigenvalue weighted by atomic mass is 9.64. The molecule has 0 spiro atoms. The van der Waals surface area contributed by atoms with Gasteiger partial charge in [0.15, 0.2) is 11.6 Å². The first-order valence-electron chi connectivity index (χ1n) is 15.9. The van der Waals surface area contributed by atoms with E-state index in [4.69, 9.17) is 9.47 Å². The lowest BCUT2D eigenvalue weighted by Gasteiger charge is -2.43. The Kier molecular flexibility index (Phi) is 9.84. The number of benzene rings is 1. The molecule has 4 heteroatoms. The van der Waals surface area contributed by atoms with Gasteiger partial charge in [-0.3, -0.25) is 0 Å². The monoisotopic (exact) mass is 528 g/mol. The smallest absolute Gasteiger partial charge is 0.200 e. The Hall–Kier alpha value is -1.42. The van der Waals surface area contributed by atoms with Gasteiger partial charge < -0.3 is 9.47 Å². The second kappa shape index (κ2) is 13.3. The van der Waals surface area contributed by atoms with Crippen LogP contribution < -0.4 is 4.74 Å². The fraction of sp³-hybridized carbons (Fsp3) is 0.765. The predicted molar refractivity (Wildman–Crippen MR) is 150 cm³/mol. The van der Waals surface area contributed by atoms with E-state index in [0.29, 0.717) is 12.2 Å². The van der Waals surface area contributed by atoms with Crippen molar-refractivity contribution in [3.63, 3.8) is 0 Å².